The number of alkyl halides is 3. The van der Waals surface area contributed by atoms with E-state index in [1.165, 1.54) is 166 Å². The Morgan fingerprint density at radius 2 is 1.01 bits per heavy atom. The van der Waals surface area contributed by atoms with Gasteiger partial charge < -0.3 is 28.8 Å². The molecule has 0 aromatic carbocycles. The van der Waals surface area contributed by atoms with Crippen LogP contribution in [0.5, 0.6) is 0 Å². The summed E-state index contributed by atoms with van der Waals surface area (Å²) in [5.74, 6) is 0. The Morgan fingerprint density at radius 1 is 0.604 bits per heavy atom. The van der Waals surface area contributed by atoms with Crippen LogP contribution >= 0.6 is 203 Å². The Labute approximate surface area is 700 Å². The number of hydrogen-bond donors (Lipinski definition) is 3. The number of thiophene rings is 7. The molecule has 0 saturated carbocycles. The summed E-state index contributed by atoms with van der Waals surface area (Å²) in [5, 5.41) is 13.7. The van der Waals surface area contributed by atoms with Gasteiger partial charge in [0, 0.05) is 78.3 Å². The van der Waals surface area contributed by atoms with Gasteiger partial charge in [-0.15, -0.1) is 104 Å². The Morgan fingerprint density at radius 3 is 1.34 bits per heavy atom. The predicted molar refractivity (Wildman–Crippen MR) is 467 cm³/mol. The van der Waals surface area contributed by atoms with E-state index in [0.29, 0.717) is 18.3 Å². The zero-order chi connectivity index (χ0) is 74.4. The maximum absolute atomic E-state index is 10.7. The average Bonchev–Trinajstić information content (AvgIpc) is 1.72. The first-order valence-corrected chi connectivity index (χ1v) is 44.9. The van der Waals surface area contributed by atoms with Gasteiger partial charge in [-0.1, -0.05) is 120 Å². The second-order valence-corrected chi connectivity index (χ2v) is 37.7. The van der Waals surface area contributed by atoms with Crippen LogP contribution in [0.2, 0.25) is 0 Å². The molecule has 581 valence electrons. The minimum atomic E-state index is -5.84. The van der Waals surface area contributed by atoms with Crippen molar-refractivity contribution in [3.63, 3.8) is 0 Å². The fraction of sp³-hybridized carbons (Fsp3) is 0.606. The van der Waals surface area contributed by atoms with E-state index >= 15 is 0 Å². The zero-order valence-corrected chi connectivity index (χ0v) is 78.0. The Kier molecular flexibility index (Phi) is 67.9. The molecule has 7 aromatic heterocycles. The van der Waals surface area contributed by atoms with Crippen LogP contribution in [-0.4, -0.2) is 78.7 Å². The zero-order valence-electron chi connectivity index (χ0n) is 60.4. The summed E-state index contributed by atoms with van der Waals surface area (Å²) >= 11 is 32.6. The molecule has 0 bridgehead atoms. The van der Waals surface area contributed by atoms with Crippen LogP contribution in [0.25, 0.3) is 0 Å². The van der Waals surface area contributed by atoms with Crippen molar-refractivity contribution in [1.29, 1.82) is 0 Å². The summed E-state index contributed by atoms with van der Waals surface area (Å²) in [5.41, 5.74) is 4.55. The normalized spacial score (nSPS) is 14.3. The molecule has 3 aliphatic heterocycles. The third-order valence-electron chi connectivity index (χ3n) is 14.1. The van der Waals surface area contributed by atoms with Gasteiger partial charge in [-0.25, -0.2) is 0 Å². The van der Waals surface area contributed by atoms with Crippen LogP contribution in [0.15, 0.2) is 72.0 Å². The standard InChI is InChI=1S/C11H15BrOS.2C11H16OS.C8H11BrS.C7H8BrIS.C7H9BrS.C7H10S.C6H14O2.CHF3O3S.CH4O.CH4.BHNS.2ClH/c1-3-4-8-10-7(2)11(12)14-9(10)5-6-13-8;2*1-3-4-9-11-8(2)7-13-10(11)5-6-12-9;1-3-4-7-5-6(2)8(9)10-7;1-2-3-5-4-6(9)7(8)10-5;1-2-3-6-4-5-7(8)9-6;1-2-4-7-5-3-6-8-7;1-4-5-6(7-2)8-3;2-1(3,4)8(5,6)7;1-2;;1-2-3;;/h8H,3-6H2,1-2H3;2*7,9H,3-6H2,1-2H3;5H,3-4H2,1-2H3;4H,2-3H2,1H3;4-5H,2-3H2,1H3;3,5-6H,2,4H2,1H3;6H,4-5H2,1-3H3;(H,5,6,7);2H,1H3;1H4;3H;2*1H. The van der Waals surface area contributed by atoms with Gasteiger partial charge >= 0.3 is 40.4 Å². The summed E-state index contributed by atoms with van der Waals surface area (Å²) in [6.45, 7) is 29.0. The van der Waals surface area contributed by atoms with Crippen molar-refractivity contribution >= 4 is 221 Å². The summed E-state index contributed by atoms with van der Waals surface area (Å²) < 4.78 is 93.9. The number of nitrogens with zero attached hydrogens (tertiary/aromatic N) is 1. The molecule has 10 rings (SSSR count). The van der Waals surface area contributed by atoms with E-state index in [1.807, 2.05) is 79.4 Å². The molecule has 0 amide bonds. The van der Waals surface area contributed by atoms with E-state index in [-0.39, 0.29) is 38.5 Å². The van der Waals surface area contributed by atoms with Crippen molar-refractivity contribution in [2.75, 3.05) is 41.2 Å². The number of aliphatic hydroxyl groups is 1. The van der Waals surface area contributed by atoms with E-state index in [4.69, 9.17) is 41.8 Å². The van der Waals surface area contributed by atoms with Gasteiger partial charge in [0.05, 0.1) is 53.3 Å². The summed E-state index contributed by atoms with van der Waals surface area (Å²) in [6.07, 6.45) is 23.5. The molecule has 0 saturated heterocycles. The monoisotopic (exact) mass is 1990 g/mol. The van der Waals surface area contributed by atoms with Gasteiger partial charge in [-0.05, 0) is 251 Å². The van der Waals surface area contributed by atoms with Crippen molar-refractivity contribution in [2.45, 2.75) is 243 Å². The predicted octanol–water partition coefficient (Wildman–Crippen LogP) is 28.2. The molecule has 30 heteroatoms. The van der Waals surface area contributed by atoms with Crippen LogP contribution in [-0.2, 0) is 78.7 Å². The van der Waals surface area contributed by atoms with Crippen LogP contribution in [0.3, 0.4) is 0 Å². The molecule has 0 fully saturated rings. The number of ether oxygens (including phenoxy) is 5. The SMILES string of the molecule is C.CCCC(OC)OC.CCCC1OCCc2sc(Br)c(C)c21.CCCC1OCCc2scc(C)c21.CCCC1OCCc2scc(C)c21.CCCc1cc(C)c(Br)s1.CCCc1cc(I)c(Br)s1.CCCc1ccc(Br)s1.CCCc1cccs1.CO.Cl.Cl.O=S(=O)(O)C(F)(F)F.[B]=NS. The number of methoxy groups -OCH3 is 2. The molecule has 10 nitrogen and oxygen atoms in total. The molecule has 3 aliphatic rings. The number of aryl methyl sites for hydroxylation is 7. The van der Waals surface area contributed by atoms with Gasteiger partial charge in [0.25, 0.3) is 0 Å². The topological polar surface area (TPSA) is 133 Å². The molecule has 7 aromatic rings. The summed E-state index contributed by atoms with van der Waals surface area (Å²) in [7, 11) is 2.81. The van der Waals surface area contributed by atoms with Crippen molar-refractivity contribution < 1.29 is 54.9 Å². The van der Waals surface area contributed by atoms with Gasteiger partial charge in [0.15, 0.2) is 6.29 Å². The minimum absolute atomic E-state index is 0. The number of aliphatic hydroxyl groups excluding tert-OH is 1. The Hall–Kier alpha value is 0.805. The third-order valence-corrected chi connectivity index (χ3v) is 28.0. The molecule has 3 atom stereocenters. The number of fused-ring (bicyclic) bond motifs is 3. The van der Waals surface area contributed by atoms with Gasteiger partial charge in [0.2, 0.25) is 0 Å². The summed E-state index contributed by atoms with van der Waals surface area (Å²) in [4.78, 5) is 10.6. The van der Waals surface area contributed by atoms with E-state index in [0.717, 1.165) is 65.5 Å². The van der Waals surface area contributed by atoms with Crippen molar-refractivity contribution in [2.24, 2.45) is 4.30 Å². The van der Waals surface area contributed by atoms with Crippen LogP contribution in [0, 0.1) is 31.3 Å². The van der Waals surface area contributed by atoms with Crippen molar-refractivity contribution in [1.82, 2.24) is 0 Å². The second kappa shape index (κ2) is 63.4. The van der Waals surface area contributed by atoms with Gasteiger partial charge in [0.1, 0.15) is 0 Å². The first-order chi connectivity index (χ1) is 46.6. The average molecular weight is 2000 g/mol. The molecular formula is C71H111BBr4Cl2F3INO9S9. The van der Waals surface area contributed by atoms with Crippen LogP contribution < -0.4 is 0 Å². The number of thiol groups is 1. The number of hydrogen-bond acceptors (Lipinski definition) is 17. The van der Waals surface area contributed by atoms with E-state index in [9.17, 15) is 13.2 Å². The van der Waals surface area contributed by atoms with E-state index in [2.05, 4.69) is 247 Å². The molecular weight excluding hydrogens is 1880 g/mol. The Balaban J connectivity index is -0.000000522. The second-order valence-electron chi connectivity index (χ2n) is 22.1. The van der Waals surface area contributed by atoms with Crippen molar-refractivity contribution in [3.05, 3.63) is 144 Å². The quantitative estimate of drug-likeness (QED) is 0.0192. The maximum atomic E-state index is 10.7. The van der Waals surface area contributed by atoms with Gasteiger partial charge in [-0.3, -0.25) is 4.55 Å². The molecule has 0 spiro atoms. The number of rotatable bonds is 18. The molecule has 0 aliphatic carbocycles. The summed E-state index contributed by atoms with van der Waals surface area (Å²) in [6, 6.07) is 13.1. The van der Waals surface area contributed by atoms with Crippen molar-refractivity contribution in [3.8, 4) is 0 Å². The van der Waals surface area contributed by atoms with E-state index < -0.39 is 15.6 Å². The van der Waals surface area contributed by atoms with E-state index in [1.54, 1.807) is 24.0 Å². The fourth-order valence-electron chi connectivity index (χ4n) is 9.68. The van der Waals surface area contributed by atoms with Crippen LogP contribution in [0.4, 0.5) is 13.2 Å². The van der Waals surface area contributed by atoms with Gasteiger partial charge in [-0.2, -0.15) is 21.6 Å². The molecule has 1 radical (unpaired) electrons. The fourth-order valence-corrected chi connectivity index (χ4v) is 20.3. The van der Waals surface area contributed by atoms with Crippen LogP contribution in [0.1, 0.15) is 231 Å². The first kappa shape index (κ1) is 108. The molecule has 2 N–H and O–H groups in total. The number of halogens is 10. The molecule has 101 heavy (non-hydrogen) atoms. The first-order valence-electron chi connectivity index (χ1n) is 32.9. The Bertz CT molecular complexity index is 3130. The molecule has 10 heterocycles. The molecule has 3 unspecified atom stereocenters. The third kappa shape index (κ3) is 43.9.